The summed E-state index contributed by atoms with van der Waals surface area (Å²) in [4.78, 5) is 43.9. The molecule has 0 aliphatic heterocycles. The lowest BCUT2D eigenvalue weighted by Gasteiger charge is -2.19. The molecule has 0 fully saturated rings. The van der Waals surface area contributed by atoms with E-state index in [1.807, 2.05) is 0 Å². The summed E-state index contributed by atoms with van der Waals surface area (Å²) in [5.74, 6) is -4.87. The van der Waals surface area contributed by atoms with Crippen molar-refractivity contribution >= 4 is 24.1 Å². The van der Waals surface area contributed by atoms with Crippen LogP contribution in [0, 0.1) is 0 Å². The number of carboxylic acid groups (broad SMARTS) is 3. The molecule has 0 radical (unpaired) electrons. The number of aliphatic carboxylic acids is 2. The maximum absolute atomic E-state index is 11.7. The number of rotatable bonds is 6. The SMILES string of the molecule is O=C(O)O[C@H](C(=O)O)[C@H](OC(=O)c1ccccc1)C(=O)O. The van der Waals surface area contributed by atoms with Gasteiger partial charge in [-0.3, -0.25) is 0 Å². The summed E-state index contributed by atoms with van der Waals surface area (Å²) in [6.45, 7) is 0. The number of carbonyl (C=O) groups is 4. The Balaban J connectivity index is 2.95. The minimum Gasteiger partial charge on any atom is -0.478 e. The van der Waals surface area contributed by atoms with Gasteiger partial charge in [-0.05, 0) is 12.1 Å². The first-order valence-electron chi connectivity index (χ1n) is 5.44. The summed E-state index contributed by atoms with van der Waals surface area (Å²) in [6, 6.07) is 7.19. The minimum atomic E-state index is -2.38. The highest BCUT2D eigenvalue weighted by Crippen LogP contribution is 2.10. The molecule has 9 nitrogen and oxygen atoms in total. The van der Waals surface area contributed by atoms with Crippen LogP contribution in [-0.2, 0) is 19.1 Å². The van der Waals surface area contributed by atoms with Crippen LogP contribution in [0.1, 0.15) is 10.4 Å². The van der Waals surface area contributed by atoms with Crippen molar-refractivity contribution in [3.63, 3.8) is 0 Å². The van der Waals surface area contributed by atoms with Crippen LogP contribution in [0.25, 0.3) is 0 Å². The average Bonchev–Trinajstić information content (AvgIpc) is 2.42. The van der Waals surface area contributed by atoms with Crippen molar-refractivity contribution in [2.45, 2.75) is 12.2 Å². The van der Waals surface area contributed by atoms with Crippen LogP contribution in [0.4, 0.5) is 4.79 Å². The van der Waals surface area contributed by atoms with Gasteiger partial charge in [-0.15, -0.1) is 0 Å². The van der Waals surface area contributed by atoms with Crippen molar-refractivity contribution in [1.29, 1.82) is 0 Å². The van der Waals surface area contributed by atoms with Crippen LogP contribution >= 0.6 is 0 Å². The van der Waals surface area contributed by atoms with E-state index >= 15 is 0 Å². The van der Waals surface area contributed by atoms with Crippen molar-refractivity contribution in [2.24, 2.45) is 0 Å². The third-order valence-electron chi connectivity index (χ3n) is 2.23. The number of benzene rings is 1. The fourth-order valence-electron chi connectivity index (χ4n) is 1.35. The van der Waals surface area contributed by atoms with Crippen molar-refractivity contribution in [2.75, 3.05) is 0 Å². The zero-order valence-electron chi connectivity index (χ0n) is 10.3. The van der Waals surface area contributed by atoms with Crippen molar-refractivity contribution in [3.8, 4) is 0 Å². The molecule has 21 heavy (non-hydrogen) atoms. The smallest absolute Gasteiger partial charge is 0.478 e. The largest absolute Gasteiger partial charge is 0.506 e. The molecule has 9 heteroatoms. The fourth-order valence-corrected chi connectivity index (χ4v) is 1.35. The molecule has 0 spiro atoms. The number of hydrogen-bond acceptors (Lipinski definition) is 6. The molecule has 0 amide bonds. The van der Waals surface area contributed by atoms with Gasteiger partial charge in [-0.25, -0.2) is 19.2 Å². The number of ether oxygens (including phenoxy) is 2. The third-order valence-corrected chi connectivity index (χ3v) is 2.23. The first kappa shape index (κ1) is 16.0. The molecular formula is C12H10O9. The van der Waals surface area contributed by atoms with E-state index in [4.69, 9.17) is 15.3 Å². The molecule has 1 aromatic rings. The summed E-state index contributed by atoms with van der Waals surface area (Å²) >= 11 is 0. The molecule has 0 heterocycles. The Kier molecular flexibility index (Phi) is 5.24. The van der Waals surface area contributed by atoms with Crippen LogP contribution in [-0.4, -0.2) is 51.6 Å². The summed E-state index contributed by atoms with van der Waals surface area (Å²) in [5.41, 5.74) is -0.0248. The Morgan fingerprint density at radius 1 is 0.810 bits per heavy atom. The summed E-state index contributed by atoms with van der Waals surface area (Å²) < 4.78 is 8.45. The van der Waals surface area contributed by atoms with E-state index in [2.05, 4.69) is 9.47 Å². The van der Waals surface area contributed by atoms with Gasteiger partial charge in [0.1, 0.15) is 0 Å². The zero-order valence-corrected chi connectivity index (χ0v) is 10.3. The van der Waals surface area contributed by atoms with E-state index < -0.39 is 36.3 Å². The normalized spacial score (nSPS) is 12.8. The Bertz CT molecular complexity index is 551. The Morgan fingerprint density at radius 3 is 1.71 bits per heavy atom. The van der Waals surface area contributed by atoms with E-state index in [0.717, 1.165) is 0 Å². The quantitative estimate of drug-likeness (QED) is 0.636. The molecule has 0 unspecified atom stereocenters. The maximum atomic E-state index is 11.7. The molecule has 2 atom stereocenters. The van der Waals surface area contributed by atoms with Crippen LogP contribution in [0.2, 0.25) is 0 Å². The molecule has 1 rings (SSSR count). The topological polar surface area (TPSA) is 147 Å². The Morgan fingerprint density at radius 2 is 1.29 bits per heavy atom. The fraction of sp³-hybridized carbons (Fsp3) is 0.167. The van der Waals surface area contributed by atoms with Crippen LogP contribution in [0.3, 0.4) is 0 Å². The molecule has 0 bridgehead atoms. The van der Waals surface area contributed by atoms with Gasteiger partial charge in [0.25, 0.3) is 0 Å². The van der Waals surface area contributed by atoms with Gasteiger partial charge in [0.15, 0.2) is 0 Å². The third kappa shape index (κ3) is 4.49. The molecule has 1 aromatic carbocycles. The Labute approximate surface area is 117 Å². The molecule has 3 N–H and O–H groups in total. The molecule has 0 aromatic heterocycles. The van der Waals surface area contributed by atoms with Gasteiger partial charge < -0.3 is 24.8 Å². The van der Waals surface area contributed by atoms with Crippen molar-refractivity contribution in [3.05, 3.63) is 35.9 Å². The van der Waals surface area contributed by atoms with Gasteiger partial charge in [0.2, 0.25) is 12.2 Å². The predicted octanol–water partition coefficient (Wildman–Crippen LogP) is 0.444. The maximum Gasteiger partial charge on any atom is 0.506 e. The highest BCUT2D eigenvalue weighted by Gasteiger charge is 2.40. The first-order chi connectivity index (χ1) is 9.82. The van der Waals surface area contributed by atoms with Gasteiger partial charge in [0, 0.05) is 0 Å². The second-order valence-corrected chi connectivity index (χ2v) is 3.67. The van der Waals surface area contributed by atoms with E-state index in [9.17, 15) is 19.2 Å². The molecule has 0 saturated carbocycles. The standard InChI is InChI=1S/C12H10O9/c13-9(14)7(8(10(15)16)21-12(18)19)20-11(17)6-4-2-1-3-5-6/h1-5,7-8H,(H,13,14)(H,15,16)(H,18,19)/t7-,8-/m0/s1. The predicted molar refractivity (Wildman–Crippen MR) is 63.8 cm³/mol. The van der Waals surface area contributed by atoms with E-state index in [1.165, 1.54) is 24.3 Å². The highest BCUT2D eigenvalue weighted by molar-refractivity contribution is 5.93. The molecular weight excluding hydrogens is 288 g/mol. The Hall–Kier alpha value is -3.10. The molecule has 0 saturated heterocycles. The van der Waals surface area contributed by atoms with Crippen LogP contribution in [0.15, 0.2) is 30.3 Å². The lowest BCUT2D eigenvalue weighted by molar-refractivity contribution is -0.167. The van der Waals surface area contributed by atoms with E-state index in [-0.39, 0.29) is 5.56 Å². The van der Waals surface area contributed by atoms with Gasteiger partial charge >= 0.3 is 24.1 Å². The summed E-state index contributed by atoms with van der Waals surface area (Å²) in [6.07, 6.45) is -6.71. The molecule has 112 valence electrons. The van der Waals surface area contributed by atoms with Crippen molar-refractivity contribution < 1.29 is 44.0 Å². The van der Waals surface area contributed by atoms with Crippen molar-refractivity contribution in [1.82, 2.24) is 0 Å². The van der Waals surface area contributed by atoms with Crippen LogP contribution < -0.4 is 0 Å². The highest BCUT2D eigenvalue weighted by atomic mass is 16.7. The lowest BCUT2D eigenvalue weighted by Crippen LogP contribution is -2.45. The monoisotopic (exact) mass is 298 g/mol. The lowest BCUT2D eigenvalue weighted by atomic mass is 10.2. The minimum absolute atomic E-state index is 0.0248. The second-order valence-electron chi connectivity index (χ2n) is 3.67. The van der Waals surface area contributed by atoms with E-state index in [1.54, 1.807) is 6.07 Å². The van der Waals surface area contributed by atoms with Crippen LogP contribution in [0.5, 0.6) is 0 Å². The number of esters is 1. The van der Waals surface area contributed by atoms with E-state index in [0.29, 0.717) is 0 Å². The first-order valence-corrected chi connectivity index (χ1v) is 5.44. The molecule has 0 aliphatic carbocycles. The number of carboxylic acids is 2. The summed E-state index contributed by atoms with van der Waals surface area (Å²) in [7, 11) is 0. The van der Waals surface area contributed by atoms with Gasteiger partial charge in [-0.2, -0.15) is 0 Å². The number of hydrogen-bond donors (Lipinski definition) is 3. The number of carbonyl (C=O) groups excluding carboxylic acids is 1. The zero-order chi connectivity index (χ0) is 16.0. The molecule has 0 aliphatic rings. The average molecular weight is 298 g/mol. The van der Waals surface area contributed by atoms with Gasteiger partial charge in [0.05, 0.1) is 5.56 Å². The van der Waals surface area contributed by atoms with Gasteiger partial charge in [-0.1, -0.05) is 18.2 Å². The second kappa shape index (κ2) is 6.89. The summed E-state index contributed by atoms with van der Waals surface area (Å²) in [5, 5.41) is 26.1.